The molecule has 0 aromatic carbocycles. The fourth-order valence-electron chi connectivity index (χ4n) is 8.43. The van der Waals surface area contributed by atoms with Gasteiger partial charge in [0.1, 0.15) is 0 Å². The molecule has 0 aromatic heterocycles. The van der Waals surface area contributed by atoms with Crippen LogP contribution in [0.2, 0.25) is 0 Å². The van der Waals surface area contributed by atoms with Gasteiger partial charge in [-0.05, 0) is 31.1 Å². The van der Waals surface area contributed by atoms with Crippen LogP contribution in [0.1, 0.15) is 329 Å². The van der Waals surface area contributed by atoms with E-state index in [1.165, 1.54) is 212 Å². The number of rotatable bonds is 55. The van der Waals surface area contributed by atoms with Crippen LogP contribution in [-0.4, -0.2) is 23.6 Å². The SMILES string of the molecule is CCCCCCCCCCCCCCCCCC(=O)OOC(OOC(=O)CCCCCCCCCCCCCCCCC)(OOC(=O)CCCCCCCCCCCCCCCCC)P=S. The Bertz CT molecular complexity index is 942. The first-order valence-electron chi connectivity index (χ1n) is 28.4. The third kappa shape index (κ3) is 47.9. The standard InChI is InChI=1S/C55H105O9PS/c1-4-7-10-13-16-19-22-25-28-31-34-37-40-43-46-49-52(56)59-62-55(65-66,63-60-53(57)50-47-44-41-38-35-32-29-26-23-20-17-14-11-8-5-2)64-61-54(58)51-48-45-42-39-36-33-30-27-24-21-18-15-12-9-6-3/h4-51H2,1-3H3. The zero-order valence-electron chi connectivity index (χ0n) is 43.5. The predicted molar refractivity (Wildman–Crippen MR) is 277 cm³/mol. The summed E-state index contributed by atoms with van der Waals surface area (Å²) >= 11 is 5.18. The van der Waals surface area contributed by atoms with Crippen molar-refractivity contribution in [2.75, 3.05) is 0 Å². The maximum atomic E-state index is 12.6. The van der Waals surface area contributed by atoms with Crippen molar-refractivity contribution in [3.8, 4) is 0 Å². The fraction of sp³-hybridized carbons (Fsp3) is 0.945. The van der Waals surface area contributed by atoms with Crippen molar-refractivity contribution in [2.24, 2.45) is 0 Å². The summed E-state index contributed by atoms with van der Waals surface area (Å²) in [5.74, 6) is -1.94. The Balaban J connectivity index is 4.53. The van der Waals surface area contributed by atoms with Crippen molar-refractivity contribution in [1.82, 2.24) is 0 Å². The molecule has 0 heterocycles. The Kier molecular flexibility index (Phi) is 52.2. The topological polar surface area (TPSA) is 107 Å². The van der Waals surface area contributed by atoms with Crippen LogP contribution >= 0.6 is 7.36 Å². The van der Waals surface area contributed by atoms with E-state index >= 15 is 0 Å². The van der Waals surface area contributed by atoms with Crippen LogP contribution in [0.25, 0.3) is 0 Å². The van der Waals surface area contributed by atoms with Gasteiger partial charge in [-0.15, -0.1) is 14.7 Å². The zero-order chi connectivity index (χ0) is 48.1. The van der Waals surface area contributed by atoms with E-state index in [0.29, 0.717) is 19.3 Å². The maximum absolute atomic E-state index is 12.6. The molecule has 0 N–H and O–H groups in total. The summed E-state index contributed by atoms with van der Waals surface area (Å²) in [7, 11) is -0.210. The van der Waals surface area contributed by atoms with E-state index < -0.39 is 23.6 Å². The first-order valence-corrected chi connectivity index (χ1v) is 30.3. The van der Waals surface area contributed by atoms with Crippen LogP contribution in [0.3, 0.4) is 0 Å². The molecule has 0 aliphatic carbocycles. The van der Waals surface area contributed by atoms with Gasteiger partial charge in [-0.25, -0.2) is 14.4 Å². The molecule has 0 saturated carbocycles. The number of hydrogen-bond donors (Lipinski definition) is 0. The Morgan fingerprint density at radius 3 is 0.591 bits per heavy atom. The van der Waals surface area contributed by atoms with Gasteiger partial charge in [0.15, 0.2) is 0 Å². The van der Waals surface area contributed by atoms with Crippen LogP contribution in [-0.2, 0) is 55.5 Å². The van der Waals surface area contributed by atoms with Gasteiger partial charge in [0.05, 0.1) is 7.36 Å². The third-order valence-electron chi connectivity index (χ3n) is 12.8. The molecule has 0 bridgehead atoms. The third-order valence-corrected chi connectivity index (χ3v) is 13.9. The molecule has 0 radical (unpaired) electrons. The predicted octanol–water partition coefficient (Wildman–Crippen LogP) is 19.2. The Morgan fingerprint density at radius 1 is 0.288 bits per heavy atom. The molecule has 0 rings (SSSR count). The molecule has 0 fully saturated rings. The zero-order valence-corrected chi connectivity index (χ0v) is 45.2. The van der Waals surface area contributed by atoms with Crippen molar-refractivity contribution in [3.63, 3.8) is 0 Å². The molecular formula is C55H105O9PS. The molecule has 0 saturated heterocycles. The van der Waals surface area contributed by atoms with Crippen molar-refractivity contribution >= 4 is 37.1 Å². The molecule has 0 aliphatic rings. The van der Waals surface area contributed by atoms with Crippen molar-refractivity contribution in [1.29, 1.82) is 0 Å². The number of carbonyl (C=O) groups is 3. The van der Waals surface area contributed by atoms with Gasteiger partial charge in [-0.2, -0.15) is 0 Å². The van der Waals surface area contributed by atoms with Crippen LogP contribution in [0.5, 0.6) is 0 Å². The van der Waals surface area contributed by atoms with Crippen LogP contribution in [0.4, 0.5) is 0 Å². The molecule has 0 atom stereocenters. The second-order valence-corrected chi connectivity index (χ2v) is 20.6. The lowest BCUT2D eigenvalue weighted by Gasteiger charge is -2.22. The van der Waals surface area contributed by atoms with Gasteiger partial charge in [0.2, 0.25) is 0 Å². The summed E-state index contributed by atoms with van der Waals surface area (Å²) in [6, 6.07) is 0. The molecule has 0 amide bonds. The molecule has 390 valence electrons. The Labute approximate surface area is 413 Å². The van der Waals surface area contributed by atoms with Crippen LogP contribution in [0, 0.1) is 0 Å². The largest absolute Gasteiger partial charge is 0.446 e. The van der Waals surface area contributed by atoms with E-state index in [9.17, 15) is 14.4 Å². The first kappa shape index (κ1) is 64.8. The molecule has 11 heteroatoms. The number of carbonyl (C=O) groups excluding carboxylic acids is 3. The van der Waals surface area contributed by atoms with Gasteiger partial charge in [-0.1, -0.05) is 290 Å². The van der Waals surface area contributed by atoms with Crippen molar-refractivity contribution in [2.45, 2.75) is 335 Å². The molecule has 9 nitrogen and oxygen atoms in total. The molecule has 0 aromatic rings. The summed E-state index contributed by atoms with van der Waals surface area (Å²) in [4.78, 5) is 68.6. The van der Waals surface area contributed by atoms with Crippen molar-refractivity contribution < 1.29 is 43.7 Å². The Hall–Kier alpha value is -1.19. The van der Waals surface area contributed by atoms with E-state index in [-0.39, 0.29) is 26.6 Å². The first-order chi connectivity index (χ1) is 32.4. The lowest BCUT2D eigenvalue weighted by atomic mass is 10.0. The van der Waals surface area contributed by atoms with E-state index in [0.717, 1.165) is 57.8 Å². The molecule has 0 unspecified atom stereocenters. The molecular weight excluding hydrogens is 868 g/mol. The second kappa shape index (κ2) is 53.2. The van der Waals surface area contributed by atoms with E-state index in [1.54, 1.807) is 0 Å². The lowest BCUT2D eigenvalue weighted by Crippen LogP contribution is -2.36. The molecule has 0 spiro atoms. The molecule has 66 heavy (non-hydrogen) atoms. The normalized spacial score (nSPS) is 11.7. The van der Waals surface area contributed by atoms with Gasteiger partial charge < -0.3 is 0 Å². The summed E-state index contributed by atoms with van der Waals surface area (Å²) in [5.41, 5.74) is -2.45. The minimum absolute atomic E-state index is 0.126. The number of hydrogen-bond acceptors (Lipinski definition) is 10. The van der Waals surface area contributed by atoms with E-state index in [2.05, 4.69) is 20.8 Å². The van der Waals surface area contributed by atoms with E-state index in [1.807, 2.05) is 0 Å². The summed E-state index contributed by atoms with van der Waals surface area (Å²) in [6.45, 7) is 6.79. The monoisotopic (exact) mass is 973 g/mol. The minimum Gasteiger partial charge on any atom is -0.292 e. The highest BCUT2D eigenvalue weighted by molar-refractivity contribution is 7.96. The van der Waals surface area contributed by atoms with Crippen LogP contribution < -0.4 is 0 Å². The fourth-order valence-corrected chi connectivity index (χ4v) is 8.91. The Morgan fingerprint density at radius 2 is 0.439 bits per heavy atom. The highest BCUT2D eigenvalue weighted by atomic mass is 32.4. The lowest BCUT2D eigenvalue weighted by molar-refractivity contribution is -0.566. The molecule has 0 aliphatic heterocycles. The average molecular weight is 973 g/mol. The number of unbranched alkanes of at least 4 members (excludes halogenated alkanes) is 42. The van der Waals surface area contributed by atoms with Gasteiger partial charge in [-0.3, -0.25) is 14.7 Å². The van der Waals surface area contributed by atoms with Gasteiger partial charge in [0.25, 0.3) is 0 Å². The summed E-state index contributed by atoms with van der Waals surface area (Å²) in [5, 5.41) is 0. The summed E-state index contributed by atoms with van der Waals surface area (Å²) in [6.07, 6.45) is 55.5. The van der Waals surface area contributed by atoms with Crippen molar-refractivity contribution in [3.05, 3.63) is 0 Å². The summed E-state index contributed by atoms with van der Waals surface area (Å²) < 4.78 is 0. The minimum atomic E-state index is -2.45. The quantitative estimate of drug-likeness (QED) is 0.0192. The highest BCUT2D eigenvalue weighted by Gasteiger charge is 2.42. The second-order valence-electron chi connectivity index (χ2n) is 19.3. The maximum Gasteiger partial charge on any atom is 0.446 e. The smallest absolute Gasteiger partial charge is 0.292 e. The van der Waals surface area contributed by atoms with Gasteiger partial charge >= 0.3 is 23.6 Å². The highest BCUT2D eigenvalue weighted by Crippen LogP contribution is 2.31. The average Bonchev–Trinajstić information content (AvgIpc) is 3.32. The van der Waals surface area contributed by atoms with Gasteiger partial charge in [0, 0.05) is 19.3 Å². The van der Waals surface area contributed by atoms with E-state index in [4.69, 9.17) is 41.1 Å². The van der Waals surface area contributed by atoms with Crippen LogP contribution in [0.15, 0.2) is 0 Å².